The Bertz CT molecular complexity index is 249. The molecule has 0 aliphatic rings. The highest BCUT2D eigenvalue weighted by molar-refractivity contribution is 6.49. The van der Waals surface area contributed by atoms with Gasteiger partial charge in [0, 0.05) is 6.61 Å². The van der Waals surface area contributed by atoms with Crippen LogP contribution < -0.4 is 3.79 Å². The third-order valence-corrected chi connectivity index (χ3v) is 3.22. The monoisotopic (exact) mass is 266 g/mol. The summed E-state index contributed by atoms with van der Waals surface area (Å²) in [6.45, 7) is 3.19. The van der Waals surface area contributed by atoms with E-state index in [-0.39, 0.29) is 0 Å². The molecular weight excluding hydrogens is 242 g/mol. The molecule has 0 fully saturated rings. The van der Waals surface area contributed by atoms with E-state index in [0.29, 0.717) is 0 Å². The highest BCUT2D eigenvalue weighted by Crippen LogP contribution is 2.08. The van der Waals surface area contributed by atoms with E-state index in [1.165, 1.54) is 19.3 Å². The molecule has 0 aliphatic heterocycles. The second-order valence-corrected chi connectivity index (χ2v) is 7.09. The second kappa shape index (κ2) is 12.5. The van der Waals surface area contributed by atoms with Gasteiger partial charge < -0.3 is 7.58 Å². The molecule has 0 N–H and O–H groups in total. The van der Waals surface area contributed by atoms with Gasteiger partial charge in [-0.25, -0.2) is 0 Å². The molecule has 0 saturated heterocycles. The summed E-state index contributed by atoms with van der Waals surface area (Å²) in [5.74, 6) is 5.32. The number of benzene rings is 1. The van der Waals surface area contributed by atoms with E-state index in [2.05, 4.69) is 18.5 Å². The first-order chi connectivity index (χ1) is 8.20. The predicted octanol–water partition coefficient (Wildman–Crippen LogP) is 3.06. The SMILES string of the molecule is CCCCC[O][AlH2].[CH3][Al]([CH3])[O]c1ccccc1. The molecule has 0 saturated carbocycles. The van der Waals surface area contributed by atoms with Gasteiger partial charge in [0.2, 0.25) is 0 Å². The lowest BCUT2D eigenvalue weighted by molar-refractivity contribution is 0.335. The van der Waals surface area contributed by atoms with Gasteiger partial charge in [-0.05, 0) is 18.6 Å². The maximum absolute atomic E-state index is 5.55. The van der Waals surface area contributed by atoms with Gasteiger partial charge in [0.25, 0.3) is 0 Å². The van der Waals surface area contributed by atoms with E-state index in [0.717, 1.165) is 29.0 Å². The van der Waals surface area contributed by atoms with Gasteiger partial charge in [0.15, 0.2) is 0 Å². The highest BCUT2D eigenvalue weighted by Gasteiger charge is 2.05. The first-order valence-corrected chi connectivity index (χ1v) is 10.0. The second-order valence-electron chi connectivity index (χ2n) is 4.18. The molecule has 0 heterocycles. The highest BCUT2D eigenvalue weighted by atomic mass is 27.2. The molecule has 0 aliphatic carbocycles. The number of hydrogen-bond acceptors (Lipinski definition) is 2. The Morgan fingerprint density at radius 1 is 1.12 bits per heavy atom. The molecule has 1 aromatic rings. The topological polar surface area (TPSA) is 18.5 Å². The van der Waals surface area contributed by atoms with Crippen LogP contribution in [0.1, 0.15) is 26.2 Å². The summed E-state index contributed by atoms with van der Waals surface area (Å²) in [6, 6.07) is 9.97. The molecule has 1 rings (SSSR count). The van der Waals surface area contributed by atoms with Crippen molar-refractivity contribution in [3.05, 3.63) is 30.3 Å². The van der Waals surface area contributed by atoms with Crippen LogP contribution in [0.4, 0.5) is 0 Å². The Morgan fingerprint density at radius 2 is 1.76 bits per heavy atom. The van der Waals surface area contributed by atoms with Crippen LogP contribution in [-0.2, 0) is 3.79 Å². The van der Waals surface area contributed by atoms with Crippen LogP contribution in [0.5, 0.6) is 5.75 Å². The van der Waals surface area contributed by atoms with Gasteiger partial charge in [-0.15, -0.1) is 0 Å². The van der Waals surface area contributed by atoms with E-state index in [4.69, 9.17) is 7.58 Å². The fraction of sp³-hybridized carbons (Fsp3) is 0.538. The standard InChI is InChI=1S/C6H6O.C5H11O.2CH3.2Al.2H/c7-6-4-2-1-3-5-6;1-2-3-4-5-6;;;;;;/h1-5,7H;2-5H2,1H3;2*1H3;;;;/q;-1;;;2*+1;;/p-1. The minimum absolute atomic E-state index is 0.897. The van der Waals surface area contributed by atoms with Gasteiger partial charge in [0.1, 0.15) is 0 Å². The lowest BCUT2D eigenvalue weighted by Gasteiger charge is -2.06. The first kappa shape index (κ1) is 17.0. The number of hydrogen-bond donors (Lipinski definition) is 0. The predicted molar refractivity (Wildman–Crippen MR) is 78.6 cm³/mol. The van der Waals surface area contributed by atoms with Gasteiger partial charge >= 0.3 is 31.1 Å². The third kappa shape index (κ3) is 12.3. The minimum atomic E-state index is -0.897. The molecule has 0 spiro atoms. The number of para-hydroxylation sites is 1. The zero-order chi connectivity index (χ0) is 12.9. The molecule has 17 heavy (non-hydrogen) atoms. The Labute approximate surface area is 119 Å². The normalized spacial score (nSPS) is 9.12. The van der Waals surface area contributed by atoms with Crippen LogP contribution in [0.3, 0.4) is 0 Å². The summed E-state index contributed by atoms with van der Waals surface area (Å²) in [5, 5.41) is 0. The van der Waals surface area contributed by atoms with Crippen LogP contribution in [0.2, 0.25) is 11.6 Å². The van der Waals surface area contributed by atoms with Crippen molar-refractivity contribution in [2.75, 3.05) is 6.61 Å². The van der Waals surface area contributed by atoms with E-state index in [1.807, 2.05) is 30.3 Å². The maximum Gasteiger partial charge on any atom is 0.539 e. The van der Waals surface area contributed by atoms with E-state index in [9.17, 15) is 0 Å². The lowest BCUT2D eigenvalue weighted by atomic mass is 10.3. The van der Waals surface area contributed by atoms with Gasteiger partial charge in [-0.3, -0.25) is 0 Å². The third-order valence-electron chi connectivity index (χ3n) is 2.07. The fourth-order valence-corrected chi connectivity index (χ4v) is 2.26. The minimum Gasteiger partial charge on any atom is -0.643 e. The fourth-order valence-electron chi connectivity index (χ4n) is 1.27. The van der Waals surface area contributed by atoms with Gasteiger partial charge in [0.05, 0.1) is 5.75 Å². The summed E-state index contributed by atoms with van der Waals surface area (Å²) in [4.78, 5) is 0. The van der Waals surface area contributed by atoms with Gasteiger partial charge in [-0.1, -0.05) is 49.5 Å². The molecule has 0 unspecified atom stereocenters. The number of rotatable bonds is 6. The average Bonchev–Trinajstić information content (AvgIpc) is 2.31. The van der Waals surface area contributed by atoms with Crippen molar-refractivity contribution in [1.82, 2.24) is 0 Å². The Kier molecular flexibility index (Phi) is 12.5. The Hall–Kier alpha value is 0.0449. The van der Waals surface area contributed by atoms with Crippen molar-refractivity contribution in [2.45, 2.75) is 37.8 Å². The summed E-state index contributed by atoms with van der Waals surface area (Å²) in [6.07, 6.45) is 3.87. The summed E-state index contributed by atoms with van der Waals surface area (Å²) >= 11 is 0.00865. The van der Waals surface area contributed by atoms with Crippen LogP contribution in [0, 0.1) is 0 Å². The molecular formula is C13H24Al2O2. The summed E-state index contributed by atoms with van der Waals surface area (Å²) < 4.78 is 10.5. The summed E-state index contributed by atoms with van der Waals surface area (Å²) in [5.41, 5.74) is 0. The van der Waals surface area contributed by atoms with E-state index >= 15 is 0 Å². The zero-order valence-electron chi connectivity index (χ0n) is 11.6. The smallest absolute Gasteiger partial charge is 0.539 e. The Morgan fingerprint density at radius 3 is 2.24 bits per heavy atom. The quantitative estimate of drug-likeness (QED) is 0.582. The van der Waals surface area contributed by atoms with Gasteiger partial charge in [-0.2, -0.15) is 0 Å². The summed E-state index contributed by atoms with van der Waals surface area (Å²) in [7, 11) is 0. The van der Waals surface area contributed by atoms with Crippen molar-refractivity contribution in [3.63, 3.8) is 0 Å². The average molecular weight is 266 g/mol. The number of unbranched alkanes of at least 4 members (excludes halogenated alkanes) is 2. The van der Waals surface area contributed by atoms with Crippen molar-refractivity contribution < 1.29 is 7.58 Å². The van der Waals surface area contributed by atoms with Crippen LogP contribution in [0.25, 0.3) is 0 Å². The molecule has 4 heteroatoms. The lowest BCUT2D eigenvalue weighted by Crippen LogP contribution is -2.10. The molecule has 0 amide bonds. The zero-order valence-corrected chi connectivity index (χ0v) is 14.8. The van der Waals surface area contributed by atoms with Crippen molar-refractivity contribution in [1.29, 1.82) is 0 Å². The van der Waals surface area contributed by atoms with Crippen molar-refractivity contribution in [2.24, 2.45) is 0 Å². The van der Waals surface area contributed by atoms with E-state index in [1.54, 1.807) is 0 Å². The van der Waals surface area contributed by atoms with E-state index < -0.39 is 14.5 Å². The molecule has 0 bridgehead atoms. The molecule has 94 valence electrons. The van der Waals surface area contributed by atoms with Crippen LogP contribution in [0.15, 0.2) is 30.3 Å². The molecule has 2 nitrogen and oxygen atoms in total. The molecule has 0 aromatic heterocycles. The van der Waals surface area contributed by atoms with Crippen molar-refractivity contribution in [3.8, 4) is 5.75 Å². The molecule has 1 aromatic carbocycles. The largest absolute Gasteiger partial charge is 0.643 e. The first-order valence-electron chi connectivity index (χ1n) is 6.41. The maximum atomic E-state index is 5.55. The molecule has 0 radical (unpaired) electrons. The van der Waals surface area contributed by atoms with Crippen molar-refractivity contribution >= 4 is 31.1 Å². The van der Waals surface area contributed by atoms with Crippen LogP contribution >= 0.6 is 0 Å². The van der Waals surface area contributed by atoms with Crippen LogP contribution in [-0.4, -0.2) is 37.7 Å². The Balaban J connectivity index is 0.000000325. The molecule has 0 atom stereocenters.